The van der Waals surface area contributed by atoms with Gasteiger partial charge in [0.2, 0.25) is 0 Å². The molecule has 1 rings (SSSR count). The van der Waals surface area contributed by atoms with E-state index in [0.29, 0.717) is 12.8 Å². The number of ketones is 1. The number of aliphatic hydroxyl groups is 1. The van der Waals surface area contributed by atoms with Gasteiger partial charge in [0.25, 0.3) is 0 Å². The Morgan fingerprint density at radius 2 is 1.27 bits per heavy atom. The van der Waals surface area contributed by atoms with E-state index >= 15 is 0 Å². The molecule has 0 saturated heterocycles. The highest BCUT2D eigenvalue weighted by Crippen LogP contribution is 2.15. The highest BCUT2D eigenvalue weighted by molar-refractivity contribution is 5.95. The molecular weight excluding hydrogens is 320 g/mol. The van der Waals surface area contributed by atoms with Crippen LogP contribution in [0.2, 0.25) is 0 Å². The van der Waals surface area contributed by atoms with Crippen LogP contribution >= 0.6 is 0 Å². The van der Waals surface area contributed by atoms with Crippen molar-refractivity contribution in [3.63, 3.8) is 0 Å². The predicted molar refractivity (Wildman–Crippen MR) is 112 cm³/mol. The predicted octanol–water partition coefficient (Wildman–Crippen LogP) is 7.10. The summed E-state index contributed by atoms with van der Waals surface area (Å²) in [6, 6.07) is 9.38. The Morgan fingerprint density at radius 3 is 1.81 bits per heavy atom. The van der Waals surface area contributed by atoms with Crippen molar-refractivity contribution in [3.05, 3.63) is 35.9 Å². The first-order valence-corrected chi connectivity index (χ1v) is 11.0. The third-order valence-corrected chi connectivity index (χ3v) is 5.19. The molecule has 1 unspecified atom stereocenters. The van der Waals surface area contributed by atoms with Gasteiger partial charge in [0.15, 0.2) is 5.78 Å². The monoisotopic (exact) mass is 360 g/mol. The Balaban J connectivity index is 1.88. The topological polar surface area (TPSA) is 37.3 Å². The third-order valence-electron chi connectivity index (χ3n) is 5.19. The van der Waals surface area contributed by atoms with Crippen LogP contribution < -0.4 is 0 Å². The Hall–Kier alpha value is -1.15. The van der Waals surface area contributed by atoms with Gasteiger partial charge in [-0.15, -0.1) is 0 Å². The molecule has 0 amide bonds. The second kappa shape index (κ2) is 16.1. The van der Waals surface area contributed by atoms with Crippen LogP contribution in [0.25, 0.3) is 0 Å². The lowest BCUT2D eigenvalue weighted by Crippen LogP contribution is -2.10. The van der Waals surface area contributed by atoms with Gasteiger partial charge < -0.3 is 5.11 Å². The highest BCUT2D eigenvalue weighted by atomic mass is 16.3. The number of benzene rings is 1. The summed E-state index contributed by atoms with van der Waals surface area (Å²) in [6.07, 6.45) is 17.6. The number of Topliss-reactive ketones (excluding diaryl/α,β-unsaturated/α-hetero) is 1. The summed E-state index contributed by atoms with van der Waals surface area (Å²) in [4.78, 5) is 12.0. The lowest BCUT2D eigenvalue weighted by Gasteiger charge is -2.10. The minimum absolute atomic E-state index is 0.138. The summed E-state index contributed by atoms with van der Waals surface area (Å²) in [5.74, 6) is 0.138. The first-order valence-electron chi connectivity index (χ1n) is 11.0. The van der Waals surface area contributed by atoms with Gasteiger partial charge in [0, 0.05) is 12.0 Å². The lowest BCUT2D eigenvalue weighted by atomic mass is 10.0. The summed E-state index contributed by atoms with van der Waals surface area (Å²) >= 11 is 0. The summed E-state index contributed by atoms with van der Waals surface area (Å²) < 4.78 is 0. The molecule has 0 spiro atoms. The molecule has 0 aliphatic rings. The van der Waals surface area contributed by atoms with Crippen LogP contribution in [-0.4, -0.2) is 17.0 Å². The van der Waals surface area contributed by atoms with E-state index in [-0.39, 0.29) is 11.9 Å². The summed E-state index contributed by atoms with van der Waals surface area (Å²) in [7, 11) is 0. The normalized spacial score (nSPS) is 12.2. The Morgan fingerprint density at radius 1 is 0.769 bits per heavy atom. The van der Waals surface area contributed by atoms with Gasteiger partial charge in [-0.25, -0.2) is 0 Å². The average Bonchev–Trinajstić information content (AvgIpc) is 2.67. The smallest absolute Gasteiger partial charge is 0.162 e. The van der Waals surface area contributed by atoms with E-state index < -0.39 is 0 Å². The van der Waals surface area contributed by atoms with E-state index in [4.69, 9.17) is 0 Å². The molecule has 26 heavy (non-hydrogen) atoms. The molecule has 0 aliphatic carbocycles. The van der Waals surface area contributed by atoms with E-state index in [1.807, 2.05) is 30.3 Å². The van der Waals surface area contributed by atoms with Gasteiger partial charge in [-0.05, 0) is 12.8 Å². The fourth-order valence-electron chi connectivity index (χ4n) is 3.43. The zero-order valence-corrected chi connectivity index (χ0v) is 16.9. The van der Waals surface area contributed by atoms with Crippen LogP contribution in [0.1, 0.15) is 114 Å². The summed E-state index contributed by atoms with van der Waals surface area (Å²) in [5.41, 5.74) is 0.755. The van der Waals surface area contributed by atoms with E-state index in [0.717, 1.165) is 18.4 Å². The SMILES string of the molecule is CCCCCCCCCCCCCCC(O)CCC(=O)c1ccccc1. The van der Waals surface area contributed by atoms with Crippen molar-refractivity contribution in [2.24, 2.45) is 0 Å². The van der Waals surface area contributed by atoms with Crippen LogP contribution in [0.3, 0.4) is 0 Å². The molecule has 0 aliphatic heterocycles. The highest BCUT2D eigenvalue weighted by Gasteiger charge is 2.09. The minimum atomic E-state index is -0.328. The zero-order chi connectivity index (χ0) is 18.9. The number of carbonyl (C=O) groups excluding carboxylic acids is 1. The molecule has 1 aromatic rings. The molecule has 0 fully saturated rings. The van der Waals surface area contributed by atoms with E-state index in [9.17, 15) is 9.90 Å². The molecule has 0 heterocycles. The fourth-order valence-corrected chi connectivity index (χ4v) is 3.43. The Kier molecular flexibility index (Phi) is 14.1. The van der Waals surface area contributed by atoms with Crippen LogP contribution in [-0.2, 0) is 0 Å². The van der Waals surface area contributed by atoms with Crippen molar-refractivity contribution in [1.29, 1.82) is 0 Å². The van der Waals surface area contributed by atoms with Crippen LogP contribution in [0, 0.1) is 0 Å². The Labute approximate surface area is 161 Å². The molecule has 1 aromatic carbocycles. The second-order valence-corrected chi connectivity index (χ2v) is 7.66. The molecule has 2 nitrogen and oxygen atoms in total. The quantitative estimate of drug-likeness (QED) is 0.237. The van der Waals surface area contributed by atoms with Crippen molar-refractivity contribution in [2.45, 2.75) is 109 Å². The summed E-state index contributed by atoms with van der Waals surface area (Å²) in [5, 5.41) is 10.1. The first kappa shape index (κ1) is 22.9. The number of aliphatic hydroxyl groups excluding tert-OH is 1. The van der Waals surface area contributed by atoms with Crippen molar-refractivity contribution in [3.8, 4) is 0 Å². The van der Waals surface area contributed by atoms with Gasteiger partial charge in [-0.3, -0.25) is 4.79 Å². The second-order valence-electron chi connectivity index (χ2n) is 7.66. The molecule has 0 saturated carbocycles. The van der Waals surface area contributed by atoms with E-state index in [1.54, 1.807) is 0 Å². The molecule has 2 heteroatoms. The van der Waals surface area contributed by atoms with Gasteiger partial charge in [-0.1, -0.05) is 114 Å². The molecule has 1 N–H and O–H groups in total. The molecule has 0 bridgehead atoms. The van der Waals surface area contributed by atoms with Crippen molar-refractivity contribution < 1.29 is 9.90 Å². The largest absolute Gasteiger partial charge is 0.393 e. The average molecular weight is 361 g/mol. The first-order chi connectivity index (χ1) is 12.7. The molecule has 0 aromatic heterocycles. The minimum Gasteiger partial charge on any atom is -0.393 e. The summed E-state index contributed by atoms with van der Waals surface area (Å²) in [6.45, 7) is 2.27. The van der Waals surface area contributed by atoms with Crippen molar-refractivity contribution in [1.82, 2.24) is 0 Å². The molecule has 148 valence electrons. The molecule has 0 radical (unpaired) electrons. The van der Waals surface area contributed by atoms with Gasteiger partial charge >= 0.3 is 0 Å². The van der Waals surface area contributed by atoms with Crippen LogP contribution in [0.15, 0.2) is 30.3 Å². The zero-order valence-electron chi connectivity index (χ0n) is 16.9. The number of hydrogen-bond acceptors (Lipinski definition) is 2. The number of hydrogen-bond donors (Lipinski definition) is 1. The van der Waals surface area contributed by atoms with E-state index in [2.05, 4.69) is 6.92 Å². The standard InChI is InChI=1S/C24H40O2/c1-2-3-4-5-6-7-8-9-10-11-12-16-19-23(25)20-21-24(26)22-17-14-13-15-18-22/h13-15,17-18,23,25H,2-12,16,19-21H2,1H3. The fraction of sp³-hybridized carbons (Fsp3) is 0.708. The van der Waals surface area contributed by atoms with Crippen molar-refractivity contribution in [2.75, 3.05) is 0 Å². The number of rotatable bonds is 17. The third kappa shape index (κ3) is 12.2. The maximum absolute atomic E-state index is 12.0. The van der Waals surface area contributed by atoms with Gasteiger partial charge in [-0.2, -0.15) is 0 Å². The number of carbonyl (C=O) groups is 1. The van der Waals surface area contributed by atoms with Crippen molar-refractivity contribution >= 4 is 5.78 Å². The number of unbranched alkanes of at least 4 members (excludes halogenated alkanes) is 11. The maximum Gasteiger partial charge on any atom is 0.162 e. The van der Waals surface area contributed by atoms with Gasteiger partial charge in [0.1, 0.15) is 0 Å². The van der Waals surface area contributed by atoms with Crippen LogP contribution in [0.5, 0.6) is 0 Å². The van der Waals surface area contributed by atoms with E-state index in [1.165, 1.54) is 70.6 Å². The lowest BCUT2D eigenvalue weighted by molar-refractivity contribution is 0.0931. The Bertz CT molecular complexity index is 441. The van der Waals surface area contributed by atoms with Gasteiger partial charge in [0.05, 0.1) is 6.10 Å². The molecular formula is C24H40O2. The molecule has 1 atom stereocenters. The maximum atomic E-state index is 12.0. The van der Waals surface area contributed by atoms with Crippen LogP contribution in [0.4, 0.5) is 0 Å².